The van der Waals surface area contributed by atoms with E-state index in [0.29, 0.717) is 11.1 Å². The Bertz CT molecular complexity index is 609. The van der Waals surface area contributed by atoms with Crippen molar-refractivity contribution >= 4 is 33.8 Å². The number of halogens is 1. The number of carbonyl (C=O) groups is 1. The predicted molar refractivity (Wildman–Crippen MR) is 69.1 cm³/mol. The maximum absolute atomic E-state index is 11.8. The Hall–Kier alpha value is -1.37. The molecule has 98 valence electrons. The van der Waals surface area contributed by atoms with Crippen molar-refractivity contribution in [1.29, 1.82) is 0 Å². The topological polar surface area (TPSA) is 97.5 Å². The lowest BCUT2D eigenvalue weighted by molar-refractivity contribution is -0.138. The van der Waals surface area contributed by atoms with Crippen LogP contribution >= 0.6 is 12.4 Å². The number of aliphatic carboxylic acids is 1. The Morgan fingerprint density at radius 3 is 2.56 bits per heavy atom. The van der Waals surface area contributed by atoms with Gasteiger partial charge in [0.15, 0.2) is 0 Å². The van der Waals surface area contributed by atoms with Crippen LogP contribution in [0.1, 0.15) is 12.0 Å². The normalized spacial score (nSPS) is 17.3. The first kappa shape index (κ1) is 14.7. The summed E-state index contributed by atoms with van der Waals surface area (Å²) in [6.45, 7) is 0. The number of benzene rings is 1. The van der Waals surface area contributed by atoms with Crippen molar-refractivity contribution in [3.05, 3.63) is 35.2 Å². The van der Waals surface area contributed by atoms with E-state index in [1.54, 1.807) is 18.2 Å². The fourth-order valence-electron chi connectivity index (χ4n) is 1.78. The molecule has 5 nitrogen and oxygen atoms in total. The quantitative estimate of drug-likeness (QED) is 0.866. The monoisotopic (exact) mass is 289 g/mol. The molecule has 0 saturated carbocycles. The van der Waals surface area contributed by atoms with E-state index in [2.05, 4.69) is 0 Å². The molecular formula is C11H12ClNO4S. The van der Waals surface area contributed by atoms with Gasteiger partial charge in [-0.15, -0.1) is 12.4 Å². The summed E-state index contributed by atoms with van der Waals surface area (Å²) in [4.78, 5) is 10.9. The van der Waals surface area contributed by atoms with Crippen molar-refractivity contribution in [2.75, 3.05) is 0 Å². The molecule has 1 heterocycles. The van der Waals surface area contributed by atoms with Crippen LogP contribution in [-0.4, -0.2) is 25.5 Å². The lowest BCUT2D eigenvalue weighted by Crippen LogP contribution is -2.30. The number of hydrogen-bond acceptors (Lipinski definition) is 4. The first-order valence-corrected chi connectivity index (χ1v) is 6.50. The second-order valence-electron chi connectivity index (χ2n) is 3.83. The van der Waals surface area contributed by atoms with Crippen molar-refractivity contribution < 1.29 is 18.3 Å². The average Bonchev–Trinajstić information content (AvgIpc) is 2.51. The highest BCUT2D eigenvalue weighted by atomic mass is 35.5. The minimum Gasteiger partial charge on any atom is -0.480 e. The van der Waals surface area contributed by atoms with Crippen molar-refractivity contribution in [2.45, 2.75) is 17.4 Å². The third-order valence-corrected chi connectivity index (χ3v) is 4.16. The van der Waals surface area contributed by atoms with E-state index in [4.69, 9.17) is 10.8 Å². The summed E-state index contributed by atoms with van der Waals surface area (Å²) in [5.74, 6) is -1.15. The number of carboxylic acids is 1. The highest BCUT2D eigenvalue weighted by molar-refractivity contribution is 7.95. The van der Waals surface area contributed by atoms with E-state index >= 15 is 0 Å². The number of fused-ring (bicyclic) bond motifs is 1. The van der Waals surface area contributed by atoms with Crippen LogP contribution in [0.5, 0.6) is 0 Å². The van der Waals surface area contributed by atoms with Gasteiger partial charge in [0.05, 0.1) is 4.90 Å². The van der Waals surface area contributed by atoms with Gasteiger partial charge in [-0.05, 0) is 23.6 Å². The van der Waals surface area contributed by atoms with Crippen LogP contribution < -0.4 is 5.73 Å². The minimum absolute atomic E-state index is 0. The predicted octanol–water partition coefficient (Wildman–Crippen LogP) is 1.04. The van der Waals surface area contributed by atoms with Gasteiger partial charge in [-0.1, -0.05) is 18.2 Å². The van der Waals surface area contributed by atoms with Gasteiger partial charge in [0.2, 0.25) is 9.84 Å². The summed E-state index contributed by atoms with van der Waals surface area (Å²) in [5, 5.41) is 9.82. The number of sulfone groups is 1. The van der Waals surface area contributed by atoms with E-state index in [1.165, 1.54) is 6.07 Å². The molecule has 0 aliphatic carbocycles. The molecule has 0 saturated heterocycles. The molecule has 1 aromatic carbocycles. The van der Waals surface area contributed by atoms with Gasteiger partial charge in [-0.3, -0.25) is 4.79 Å². The maximum atomic E-state index is 11.8. The summed E-state index contributed by atoms with van der Waals surface area (Å²) in [7, 11) is -3.44. The Morgan fingerprint density at radius 2 is 1.94 bits per heavy atom. The first-order chi connectivity index (χ1) is 7.92. The average molecular weight is 290 g/mol. The summed E-state index contributed by atoms with van der Waals surface area (Å²) >= 11 is 0. The maximum Gasteiger partial charge on any atom is 0.320 e. The van der Waals surface area contributed by atoms with Crippen LogP contribution in [0.4, 0.5) is 0 Å². The van der Waals surface area contributed by atoms with Gasteiger partial charge >= 0.3 is 5.97 Å². The third kappa shape index (κ3) is 2.55. The third-order valence-electron chi connectivity index (χ3n) is 2.59. The fourth-order valence-corrected chi connectivity index (χ4v) is 3.28. The number of hydrogen-bond donors (Lipinski definition) is 2. The minimum atomic E-state index is -3.44. The zero-order chi connectivity index (χ0) is 12.6. The van der Waals surface area contributed by atoms with E-state index in [9.17, 15) is 13.2 Å². The van der Waals surface area contributed by atoms with Crippen LogP contribution in [0.25, 0.3) is 5.57 Å². The van der Waals surface area contributed by atoms with Gasteiger partial charge in [-0.2, -0.15) is 0 Å². The molecule has 18 heavy (non-hydrogen) atoms. The molecule has 0 radical (unpaired) electrons. The Kier molecular flexibility index (Phi) is 4.16. The van der Waals surface area contributed by atoms with Crippen LogP contribution in [0.15, 0.2) is 34.6 Å². The van der Waals surface area contributed by atoms with E-state index in [-0.39, 0.29) is 23.7 Å². The summed E-state index contributed by atoms with van der Waals surface area (Å²) in [6.07, 6.45) is 0.00553. The molecule has 1 aromatic rings. The zero-order valence-electron chi connectivity index (χ0n) is 9.24. The smallest absolute Gasteiger partial charge is 0.320 e. The molecule has 1 atom stereocenters. The Labute approximate surface area is 111 Å². The molecule has 0 fully saturated rings. The highest BCUT2D eigenvalue weighted by Gasteiger charge is 2.28. The van der Waals surface area contributed by atoms with Crippen LogP contribution in [0.3, 0.4) is 0 Å². The molecule has 0 spiro atoms. The Balaban J connectivity index is 0.00000162. The first-order valence-electron chi connectivity index (χ1n) is 4.95. The molecular weight excluding hydrogens is 278 g/mol. The number of rotatable bonds is 3. The van der Waals surface area contributed by atoms with Crippen LogP contribution in [0.2, 0.25) is 0 Å². The van der Waals surface area contributed by atoms with Crippen LogP contribution in [-0.2, 0) is 14.6 Å². The van der Waals surface area contributed by atoms with Crippen molar-refractivity contribution in [3.63, 3.8) is 0 Å². The molecule has 3 N–H and O–H groups in total. The van der Waals surface area contributed by atoms with Crippen molar-refractivity contribution in [2.24, 2.45) is 5.73 Å². The van der Waals surface area contributed by atoms with Gasteiger partial charge in [0, 0.05) is 5.41 Å². The molecule has 0 amide bonds. The number of nitrogens with two attached hydrogens (primary N) is 1. The van der Waals surface area contributed by atoms with Gasteiger partial charge in [-0.25, -0.2) is 8.42 Å². The number of carboxylic acid groups (broad SMARTS) is 1. The molecule has 7 heteroatoms. The zero-order valence-corrected chi connectivity index (χ0v) is 10.9. The molecule has 0 bridgehead atoms. The molecule has 1 aliphatic heterocycles. The van der Waals surface area contributed by atoms with Gasteiger partial charge < -0.3 is 10.8 Å². The molecule has 2 rings (SSSR count). The molecule has 1 aliphatic rings. The lowest BCUT2D eigenvalue weighted by atomic mass is 10.0. The Morgan fingerprint density at radius 1 is 1.33 bits per heavy atom. The second-order valence-corrected chi connectivity index (χ2v) is 5.60. The molecule has 1 unspecified atom stereocenters. The fraction of sp³-hybridized carbons (Fsp3) is 0.182. The highest BCUT2D eigenvalue weighted by Crippen LogP contribution is 2.35. The standard InChI is InChI=1S/C11H11NO4S.ClH/c12-9(11(13)14)5-7-6-17(15,16)10-4-2-1-3-8(7)10;/h1-4,6,9H,5,12H2,(H,13,14);1H. The van der Waals surface area contributed by atoms with E-state index in [0.717, 1.165) is 5.41 Å². The van der Waals surface area contributed by atoms with Crippen molar-refractivity contribution in [1.82, 2.24) is 0 Å². The van der Waals surface area contributed by atoms with E-state index < -0.39 is 21.8 Å². The summed E-state index contributed by atoms with van der Waals surface area (Å²) in [6, 6.07) is 5.40. The van der Waals surface area contributed by atoms with Crippen molar-refractivity contribution in [3.8, 4) is 0 Å². The van der Waals surface area contributed by atoms with Gasteiger partial charge in [0.25, 0.3) is 0 Å². The van der Waals surface area contributed by atoms with Crippen LogP contribution in [0, 0.1) is 0 Å². The second kappa shape index (κ2) is 5.09. The lowest BCUT2D eigenvalue weighted by Gasteiger charge is -2.07. The SMILES string of the molecule is Cl.NC(CC1=CS(=O)(=O)c2ccccc21)C(=O)O. The van der Waals surface area contributed by atoms with Gasteiger partial charge in [0.1, 0.15) is 6.04 Å². The van der Waals surface area contributed by atoms with E-state index in [1.807, 2.05) is 0 Å². The largest absolute Gasteiger partial charge is 0.480 e. The molecule has 0 aromatic heterocycles. The summed E-state index contributed by atoms with van der Waals surface area (Å²) < 4.78 is 23.5. The summed E-state index contributed by atoms with van der Waals surface area (Å²) in [5.41, 5.74) is 6.41.